The van der Waals surface area contributed by atoms with Gasteiger partial charge < -0.3 is 10.4 Å². The second-order valence-corrected chi connectivity index (χ2v) is 4.87. The summed E-state index contributed by atoms with van der Waals surface area (Å²) in [6.07, 6.45) is -0.383. The minimum atomic E-state index is -0.383. The Hall–Kier alpha value is -1.68. The maximum Gasteiger partial charge on any atom is 0.156 e. The number of aromatic nitrogens is 2. The van der Waals surface area contributed by atoms with E-state index in [-0.39, 0.29) is 12.0 Å². The Balaban J connectivity index is 2.26. The van der Waals surface area contributed by atoms with Crippen molar-refractivity contribution in [3.8, 4) is 0 Å². The monoisotopic (exact) mass is 245 g/mol. The number of rotatable bonds is 4. The molecule has 0 saturated carbocycles. The molecule has 0 aliphatic carbocycles. The zero-order chi connectivity index (χ0) is 13.1. The molecule has 18 heavy (non-hydrogen) atoms. The first-order valence-electron chi connectivity index (χ1n) is 6.23. The molecule has 4 heteroatoms. The van der Waals surface area contributed by atoms with Crippen molar-refractivity contribution in [2.75, 3.05) is 11.9 Å². The van der Waals surface area contributed by atoms with E-state index in [0.29, 0.717) is 6.54 Å². The van der Waals surface area contributed by atoms with Crippen LogP contribution >= 0.6 is 0 Å². The third-order valence-corrected chi connectivity index (χ3v) is 3.12. The summed E-state index contributed by atoms with van der Waals surface area (Å²) in [5.74, 6) is 0.957. The van der Waals surface area contributed by atoms with Crippen LogP contribution < -0.4 is 5.32 Å². The number of hydrogen-bond acceptors (Lipinski definition) is 4. The average molecular weight is 245 g/mol. The molecule has 1 aromatic heterocycles. The molecule has 0 spiro atoms. The lowest BCUT2D eigenvalue weighted by molar-refractivity contribution is 0.138. The van der Waals surface area contributed by atoms with Gasteiger partial charge in [0.15, 0.2) is 5.82 Å². The van der Waals surface area contributed by atoms with Gasteiger partial charge in [0.05, 0.1) is 11.8 Å². The van der Waals surface area contributed by atoms with Crippen molar-refractivity contribution >= 4 is 16.6 Å². The van der Waals surface area contributed by atoms with Crippen molar-refractivity contribution in [1.82, 2.24) is 10.2 Å². The molecule has 0 aliphatic heterocycles. The molecule has 2 aromatic rings. The summed E-state index contributed by atoms with van der Waals surface area (Å²) < 4.78 is 0. The number of nitrogens with one attached hydrogen (secondary N) is 1. The van der Waals surface area contributed by atoms with Gasteiger partial charge in [-0.05, 0) is 12.8 Å². The maximum absolute atomic E-state index is 9.80. The van der Waals surface area contributed by atoms with Crippen LogP contribution in [-0.4, -0.2) is 28.0 Å². The van der Waals surface area contributed by atoms with E-state index in [9.17, 15) is 5.11 Å². The van der Waals surface area contributed by atoms with E-state index in [1.807, 2.05) is 45.0 Å². The van der Waals surface area contributed by atoms with E-state index in [0.717, 1.165) is 22.3 Å². The highest BCUT2D eigenvalue weighted by atomic mass is 16.3. The minimum Gasteiger partial charge on any atom is -0.391 e. The lowest BCUT2D eigenvalue weighted by Gasteiger charge is -2.16. The van der Waals surface area contributed by atoms with Gasteiger partial charge in [-0.2, -0.15) is 5.10 Å². The van der Waals surface area contributed by atoms with Crippen LogP contribution in [0.4, 0.5) is 5.82 Å². The topological polar surface area (TPSA) is 58.0 Å². The molecule has 0 amide bonds. The molecule has 0 saturated heterocycles. The molecule has 0 aliphatic rings. The summed E-state index contributed by atoms with van der Waals surface area (Å²) in [6, 6.07) is 8.02. The number of fused-ring (bicyclic) bond motifs is 1. The molecule has 0 bridgehead atoms. The van der Waals surface area contributed by atoms with Crippen LogP contribution in [-0.2, 0) is 0 Å². The number of benzene rings is 1. The van der Waals surface area contributed by atoms with Gasteiger partial charge in [-0.15, -0.1) is 5.10 Å². The van der Waals surface area contributed by atoms with E-state index < -0.39 is 0 Å². The first-order valence-corrected chi connectivity index (χ1v) is 6.23. The van der Waals surface area contributed by atoms with Crippen LogP contribution in [0.25, 0.3) is 10.8 Å². The number of anilines is 1. The normalized spacial score (nSPS) is 12.9. The van der Waals surface area contributed by atoms with Gasteiger partial charge >= 0.3 is 0 Å². The standard InChI is InChI=1S/C14H19N3O/c1-9(2)13(18)8-15-14-12-7-5-4-6-11(12)10(3)16-17-14/h4-7,9,13,18H,8H2,1-3H3,(H,15,17). The van der Waals surface area contributed by atoms with Gasteiger partial charge in [-0.25, -0.2) is 0 Å². The van der Waals surface area contributed by atoms with Crippen molar-refractivity contribution in [2.24, 2.45) is 5.92 Å². The minimum absolute atomic E-state index is 0.224. The zero-order valence-corrected chi connectivity index (χ0v) is 11.0. The van der Waals surface area contributed by atoms with Crippen molar-refractivity contribution < 1.29 is 5.11 Å². The van der Waals surface area contributed by atoms with Crippen LogP contribution in [0.15, 0.2) is 24.3 Å². The summed E-state index contributed by atoms with van der Waals surface area (Å²) in [7, 11) is 0. The third kappa shape index (κ3) is 2.59. The van der Waals surface area contributed by atoms with Gasteiger partial charge in [0.2, 0.25) is 0 Å². The molecule has 1 heterocycles. The molecule has 0 fully saturated rings. The second-order valence-electron chi connectivity index (χ2n) is 4.87. The van der Waals surface area contributed by atoms with E-state index in [1.165, 1.54) is 0 Å². The smallest absolute Gasteiger partial charge is 0.156 e. The number of aliphatic hydroxyl groups excluding tert-OH is 1. The quantitative estimate of drug-likeness (QED) is 0.868. The summed E-state index contributed by atoms with van der Waals surface area (Å²) >= 11 is 0. The SMILES string of the molecule is Cc1nnc(NCC(O)C(C)C)c2ccccc12. The second kappa shape index (κ2) is 5.31. The Bertz CT molecular complexity index is 540. The first kappa shape index (κ1) is 12.8. The molecular formula is C14H19N3O. The molecule has 2 N–H and O–H groups in total. The Labute approximate surface area is 107 Å². The molecule has 1 unspecified atom stereocenters. The van der Waals surface area contributed by atoms with Crippen molar-refractivity contribution in [3.05, 3.63) is 30.0 Å². The van der Waals surface area contributed by atoms with Crippen LogP contribution in [0, 0.1) is 12.8 Å². The highest BCUT2D eigenvalue weighted by Gasteiger charge is 2.11. The van der Waals surface area contributed by atoms with Gasteiger partial charge in [0.1, 0.15) is 0 Å². The van der Waals surface area contributed by atoms with Crippen molar-refractivity contribution in [2.45, 2.75) is 26.9 Å². The molecule has 1 aromatic carbocycles. The Morgan fingerprint density at radius 2 is 1.83 bits per heavy atom. The Morgan fingerprint density at radius 3 is 2.50 bits per heavy atom. The summed E-state index contributed by atoms with van der Waals surface area (Å²) in [5.41, 5.74) is 0.917. The van der Waals surface area contributed by atoms with Crippen LogP contribution in [0.5, 0.6) is 0 Å². The lowest BCUT2D eigenvalue weighted by Crippen LogP contribution is -2.25. The summed E-state index contributed by atoms with van der Waals surface area (Å²) in [4.78, 5) is 0. The van der Waals surface area contributed by atoms with E-state index in [1.54, 1.807) is 0 Å². The van der Waals surface area contributed by atoms with E-state index in [4.69, 9.17) is 0 Å². The number of nitrogens with zero attached hydrogens (tertiary/aromatic N) is 2. The molecule has 1 atom stereocenters. The average Bonchev–Trinajstić information content (AvgIpc) is 2.38. The predicted octanol–water partition coefficient (Wildman–Crippen LogP) is 2.37. The molecular weight excluding hydrogens is 226 g/mol. The largest absolute Gasteiger partial charge is 0.391 e. The fraction of sp³-hybridized carbons (Fsp3) is 0.429. The van der Waals surface area contributed by atoms with Crippen LogP contribution in [0.2, 0.25) is 0 Å². The van der Waals surface area contributed by atoms with E-state index in [2.05, 4.69) is 15.5 Å². The highest BCUT2D eigenvalue weighted by molar-refractivity contribution is 5.92. The van der Waals surface area contributed by atoms with Crippen LogP contribution in [0.1, 0.15) is 19.5 Å². The van der Waals surface area contributed by atoms with Gasteiger partial charge in [0, 0.05) is 17.3 Å². The molecule has 96 valence electrons. The highest BCUT2D eigenvalue weighted by Crippen LogP contribution is 2.22. The lowest BCUT2D eigenvalue weighted by atomic mass is 10.1. The van der Waals surface area contributed by atoms with Gasteiger partial charge in [-0.1, -0.05) is 38.1 Å². The van der Waals surface area contributed by atoms with E-state index >= 15 is 0 Å². The number of aryl methyl sites for hydroxylation is 1. The molecule has 2 rings (SSSR count). The third-order valence-electron chi connectivity index (χ3n) is 3.12. The first-order chi connectivity index (χ1) is 8.59. The summed E-state index contributed by atoms with van der Waals surface area (Å²) in [5, 5.41) is 23.4. The maximum atomic E-state index is 9.80. The van der Waals surface area contributed by atoms with Crippen LogP contribution in [0.3, 0.4) is 0 Å². The van der Waals surface area contributed by atoms with Gasteiger partial charge in [-0.3, -0.25) is 0 Å². The predicted molar refractivity (Wildman–Crippen MR) is 73.6 cm³/mol. The van der Waals surface area contributed by atoms with Gasteiger partial charge in [0.25, 0.3) is 0 Å². The molecule has 0 radical (unpaired) electrons. The number of hydrogen-bond donors (Lipinski definition) is 2. The fourth-order valence-corrected chi connectivity index (χ4v) is 1.81. The van der Waals surface area contributed by atoms with Crippen molar-refractivity contribution in [1.29, 1.82) is 0 Å². The fourth-order valence-electron chi connectivity index (χ4n) is 1.81. The zero-order valence-electron chi connectivity index (χ0n) is 11.0. The molecule has 4 nitrogen and oxygen atoms in total. The van der Waals surface area contributed by atoms with Crippen molar-refractivity contribution in [3.63, 3.8) is 0 Å². The Kier molecular flexibility index (Phi) is 3.77. The Morgan fingerprint density at radius 1 is 1.17 bits per heavy atom. The summed E-state index contributed by atoms with van der Waals surface area (Å²) in [6.45, 7) is 6.41. The number of aliphatic hydroxyl groups is 1.